The summed E-state index contributed by atoms with van der Waals surface area (Å²) in [7, 11) is 0. The van der Waals surface area contributed by atoms with Gasteiger partial charge in [-0.3, -0.25) is 11.3 Å². The van der Waals surface area contributed by atoms with E-state index >= 15 is 0 Å². The lowest BCUT2D eigenvalue weighted by Crippen LogP contribution is -2.38. The van der Waals surface area contributed by atoms with Gasteiger partial charge in [0.05, 0.1) is 5.92 Å². The van der Waals surface area contributed by atoms with Crippen LogP contribution in [0.25, 0.3) is 0 Å². The van der Waals surface area contributed by atoms with E-state index in [0.29, 0.717) is 6.42 Å². The van der Waals surface area contributed by atoms with E-state index in [9.17, 15) is 13.2 Å². The molecule has 3 N–H and O–H groups in total. The normalized spacial score (nSPS) is 25.4. The van der Waals surface area contributed by atoms with Crippen LogP contribution in [0.1, 0.15) is 42.9 Å². The molecule has 0 amide bonds. The highest BCUT2D eigenvalue weighted by Crippen LogP contribution is 2.43. The van der Waals surface area contributed by atoms with Gasteiger partial charge in [-0.15, -0.1) is 0 Å². The number of alkyl halides is 3. The minimum Gasteiger partial charge on any atom is -0.271 e. The predicted molar refractivity (Wildman–Crippen MR) is 72.7 cm³/mol. The monoisotopic (exact) mass is 286 g/mol. The van der Waals surface area contributed by atoms with E-state index in [1.165, 1.54) is 0 Å². The zero-order valence-electron chi connectivity index (χ0n) is 11.6. The van der Waals surface area contributed by atoms with Gasteiger partial charge in [-0.25, -0.2) is 0 Å². The molecule has 1 fully saturated rings. The number of rotatable bonds is 3. The van der Waals surface area contributed by atoms with Crippen LogP contribution in [0.2, 0.25) is 0 Å². The summed E-state index contributed by atoms with van der Waals surface area (Å²) < 4.78 is 38.7. The van der Waals surface area contributed by atoms with E-state index in [-0.39, 0.29) is 24.8 Å². The summed E-state index contributed by atoms with van der Waals surface area (Å²) in [6.45, 7) is 1.97. The second kappa shape index (κ2) is 6.14. The number of hydrazine groups is 1. The topological polar surface area (TPSA) is 38.0 Å². The van der Waals surface area contributed by atoms with E-state index in [4.69, 9.17) is 5.84 Å². The fourth-order valence-electron chi connectivity index (χ4n) is 3.20. The Hall–Kier alpha value is -1.07. The number of benzene rings is 1. The number of hydrogen-bond acceptors (Lipinski definition) is 2. The fourth-order valence-corrected chi connectivity index (χ4v) is 3.20. The van der Waals surface area contributed by atoms with Gasteiger partial charge in [0.2, 0.25) is 0 Å². The van der Waals surface area contributed by atoms with Crippen molar-refractivity contribution in [2.24, 2.45) is 17.7 Å². The first-order valence-corrected chi connectivity index (χ1v) is 7.01. The van der Waals surface area contributed by atoms with Gasteiger partial charge >= 0.3 is 6.18 Å². The molecule has 1 aliphatic rings. The molecule has 112 valence electrons. The number of nitrogens with two attached hydrogens (primary N) is 1. The highest BCUT2D eigenvalue weighted by Gasteiger charge is 2.43. The third-order valence-corrected chi connectivity index (χ3v) is 4.23. The van der Waals surface area contributed by atoms with E-state index in [0.717, 1.165) is 17.5 Å². The van der Waals surface area contributed by atoms with Gasteiger partial charge in [0.15, 0.2) is 0 Å². The first-order chi connectivity index (χ1) is 9.41. The number of aryl methyl sites for hydroxylation is 1. The Bertz CT molecular complexity index is 445. The van der Waals surface area contributed by atoms with Crippen molar-refractivity contribution in [1.29, 1.82) is 0 Å². The Labute approximate surface area is 117 Å². The van der Waals surface area contributed by atoms with E-state index in [1.807, 2.05) is 31.2 Å². The van der Waals surface area contributed by atoms with Crippen LogP contribution in [0.15, 0.2) is 24.3 Å². The molecule has 0 aliphatic heterocycles. The van der Waals surface area contributed by atoms with Crippen LogP contribution in [0, 0.1) is 18.8 Å². The number of hydrogen-bond donors (Lipinski definition) is 2. The smallest absolute Gasteiger partial charge is 0.271 e. The summed E-state index contributed by atoms with van der Waals surface area (Å²) in [6.07, 6.45) is -2.30. The van der Waals surface area contributed by atoms with Crippen LogP contribution >= 0.6 is 0 Å². The summed E-state index contributed by atoms with van der Waals surface area (Å²) in [5.41, 5.74) is 4.78. The van der Waals surface area contributed by atoms with Crippen LogP contribution in [-0.2, 0) is 0 Å². The summed E-state index contributed by atoms with van der Waals surface area (Å²) in [5, 5.41) is 0. The maximum atomic E-state index is 12.9. The third kappa shape index (κ3) is 3.52. The van der Waals surface area contributed by atoms with Gasteiger partial charge < -0.3 is 0 Å². The molecule has 0 heterocycles. The molecule has 20 heavy (non-hydrogen) atoms. The second-order valence-electron chi connectivity index (χ2n) is 5.72. The second-order valence-corrected chi connectivity index (χ2v) is 5.72. The van der Waals surface area contributed by atoms with Crippen molar-refractivity contribution in [3.63, 3.8) is 0 Å². The molecule has 1 saturated carbocycles. The van der Waals surface area contributed by atoms with Gasteiger partial charge in [-0.1, -0.05) is 36.2 Å². The molecule has 0 saturated heterocycles. The van der Waals surface area contributed by atoms with Crippen molar-refractivity contribution in [2.45, 2.75) is 44.8 Å². The van der Waals surface area contributed by atoms with Crippen molar-refractivity contribution in [2.75, 3.05) is 0 Å². The molecule has 3 atom stereocenters. The predicted octanol–water partition coefficient (Wildman–Crippen LogP) is 3.87. The van der Waals surface area contributed by atoms with Crippen LogP contribution in [0.5, 0.6) is 0 Å². The minimum absolute atomic E-state index is 0.0674. The molecule has 5 heteroatoms. The molecule has 0 bridgehead atoms. The van der Waals surface area contributed by atoms with Crippen LogP contribution in [0.3, 0.4) is 0 Å². The van der Waals surface area contributed by atoms with Crippen LogP contribution < -0.4 is 11.3 Å². The summed E-state index contributed by atoms with van der Waals surface area (Å²) in [4.78, 5) is 0. The lowest BCUT2D eigenvalue weighted by Gasteiger charge is -2.35. The quantitative estimate of drug-likeness (QED) is 0.654. The molecule has 0 aromatic heterocycles. The molecular weight excluding hydrogens is 265 g/mol. The number of halogens is 3. The zero-order chi connectivity index (χ0) is 14.8. The van der Waals surface area contributed by atoms with Crippen molar-refractivity contribution in [3.05, 3.63) is 35.4 Å². The standard InChI is InChI=1S/C15H21F3N2/c1-10-4-2-5-11(8-10)14(20-19)12-6-3-7-13(9-12)15(16,17)18/h2,4-5,8,12-14,20H,3,6-7,9,19H2,1H3. The fraction of sp³-hybridized carbons (Fsp3) is 0.600. The maximum Gasteiger partial charge on any atom is 0.391 e. The zero-order valence-corrected chi connectivity index (χ0v) is 11.6. The average Bonchev–Trinajstić information content (AvgIpc) is 2.39. The molecule has 1 aromatic carbocycles. The van der Waals surface area contributed by atoms with Gasteiger partial charge in [0, 0.05) is 6.04 Å². The third-order valence-electron chi connectivity index (χ3n) is 4.23. The van der Waals surface area contributed by atoms with Crippen molar-refractivity contribution in [3.8, 4) is 0 Å². The Morgan fingerprint density at radius 1 is 1.30 bits per heavy atom. The average molecular weight is 286 g/mol. The van der Waals surface area contributed by atoms with Crippen LogP contribution in [-0.4, -0.2) is 6.18 Å². The van der Waals surface area contributed by atoms with E-state index in [2.05, 4.69) is 5.43 Å². The highest BCUT2D eigenvalue weighted by atomic mass is 19.4. The van der Waals surface area contributed by atoms with Crippen molar-refractivity contribution in [1.82, 2.24) is 5.43 Å². The first-order valence-electron chi connectivity index (χ1n) is 7.01. The first kappa shape index (κ1) is 15.3. The number of nitrogens with one attached hydrogen (secondary N) is 1. The summed E-state index contributed by atoms with van der Waals surface area (Å²) in [5.74, 6) is 4.35. The molecule has 3 unspecified atom stereocenters. The SMILES string of the molecule is Cc1cccc(C(NN)C2CCCC(C(F)(F)F)C2)c1. The Kier molecular flexibility index (Phi) is 4.70. The molecule has 0 spiro atoms. The lowest BCUT2D eigenvalue weighted by atomic mass is 9.76. The molecule has 2 nitrogen and oxygen atoms in total. The van der Waals surface area contributed by atoms with Gasteiger partial charge in [0.1, 0.15) is 0 Å². The summed E-state index contributed by atoms with van der Waals surface area (Å²) in [6, 6.07) is 7.59. The molecular formula is C15H21F3N2. The molecule has 1 aliphatic carbocycles. The molecule has 0 radical (unpaired) electrons. The highest BCUT2D eigenvalue weighted by molar-refractivity contribution is 5.25. The van der Waals surface area contributed by atoms with Crippen molar-refractivity contribution < 1.29 is 13.2 Å². The maximum absolute atomic E-state index is 12.9. The van der Waals surface area contributed by atoms with E-state index < -0.39 is 12.1 Å². The molecule has 1 aromatic rings. The Balaban J connectivity index is 2.15. The Morgan fingerprint density at radius 3 is 2.65 bits per heavy atom. The lowest BCUT2D eigenvalue weighted by molar-refractivity contribution is -0.186. The van der Waals surface area contributed by atoms with Crippen molar-refractivity contribution >= 4 is 0 Å². The van der Waals surface area contributed by atoms with Gasteiger partial charge in [-0.2, -0.15) is 13.2 Å². The van der Waals surface area contributed by atoms with Crippen LogP contribution in [0.4, 0.5) is 13.2 Å². The molecule has 2 rings (SSSR count). The Morgan fingerprint density at radius 2 is 2.05 bits per heavy atom. The van der Waals surface area contributed by atoms with Gasteiger partial charge in [0.25, 0.3) is 0 Å². The largest absolute Gasteiger partial charge is 0.391 e. The van der Waals surface area contributed by atoms with Gasteiger partial charge in [-0.05, 0) is 37.7 Å². The summed E-state index contributed by atoms with van der Waals surface area (Å²) >= 11 is 0. The van der Waals surface area contributed by atoms with E-state index in [1.54, 1.807) is 0 Å². The minimum atomic E-state index is -4.09.